The number of hydrogen-bond donors (Lipinski definition) is 0. The van der Waals surface area contributed by atoms with E-state index in [2.05, 4.69) is 4.98 Å². The molecule has 0 bridgehead atoms. The van der Waals surface area contributed by atoms with Crippen LogP contribution in [0.15, 0.2) is 54.9 Å². The third-order valence-electron chi connectivity index (χ3n) is 3.32. The fraction of sp³-hybridized carbons (Fsp3) is 0.316. The van der Waals surface area contributed by atoms with Gasteiger partial charge in [-0.05, 0) is 30.0 Å². The summed E-state index contributed by atoms with van der Waals surface area (Å²) in [6.07, 6.45) is 2.45. The molecule has 1 heterocycles. The maximum Gasteiger partial charge on any atom is 0.347 e. The van der Waals surface area contributed by atoms with E-state index >= 15 is 0 Å². The van der Waals surface area contributed by atoms with Crippen molar-refractivity contribution in [2.75, 3.05) is 0 Å². The molecule has 1 atom stereocenters. The Balaban J connectivity index is 1.99. The van der Waals surface area contributed by atoms with E-state index in [1.54, 1.807) is 18.3 Å². The number of rotatable bonds is 7. The van der Waals surface area contributed by atoms with Gasteiger partial charge in [0.05, 0.1) is 5.56 Å². The number of nitrogens with zero attached hydrogens (tertiary/aromatic N) is 1. The molecule has 0 amide bonds. The van der Waals surface area contributed by atoms with E-state index in [0.717, 1.165) is 5.56 Å². The topological polar surface area (TPSA) is 65.5 Å². The second-order valence-corrected chi connectivity index (χ2v) is 5.86. The third kappa shape index (κ3) is 5.50. The van der Waals surface area contributed by atoms with Crippen LogP contribution in [0.25, 0.3) is 0 Å². The fourth-order valence-electron chi connectivity index (χ4n) is 2.12. The van der Waals surface area contributed by atoms with E-state index in [1.807, 2.05) is 44.2 Å². The van der Waals surface area contributed by atoms with Crippen molar-refractivity contribution in [1.29, 1.82) is 0 Å². The number of carbonyl (C=O) groups excluding carboxylic acids is 2. The lowest BCUT2D eigenvalue weighted by Crippen LogP contribution is -2.30. The van der Waals surface area contributed by atoms with Gasteiger partial charge in [-0.15, -0.1) is 0 Å². The predicted octanol–water partition coefficient (Wildman–Crippen LogP) is 3.40. The molecule has 0 spiro atoms. The standard InChI is InChI=1S/C19H21NO4/c1-14(2)11-17(24-18(21)16-9-6-10-20-12-16)19(22)23-13-15-7-4-3-5-8-15/h3-10,12,14,17H,11,13H2,1-2H3/t17-/m1/s1. The van der Waals surface area contributed by atoms with Gasteiger partial charge < -0.3 is 9.47 Å². The Labute approximate surface area is 141 Å². The summed E-state index contributed by atoms with van der Waals surface area (Å²) in [5.41, 5.74) is 1.19. The van der Waals surface area contributed by atoms with Crippen molar-refractivity contribution in [1.82, 2.24) is 4.98 Å². The second-order valence-electron chi connectivity index (χ2n) is 5.86. The van der Waals surface area contributed by atoms with Crippen molar-refractivity contribution >= 4 is 11.9 Å². The van der Waals surface area contributed by atoms with Crippen molar-refractivity contribution in [3.8, 4) is 0 Å². The summed E-state index contributed by atoms with van der Waals surface area (Å²) in [7, 11) is 0. The zero-order valence-electron chi connectivity index (χ0n) is 13.8. The van der Waals surface area contributed by atoms with Crippen molar-refractivity contribution < 1.29 is 19.1 Å². The Morgan fingerprint density at radius 2 is 1.83 bits per heavy atom. The van der Waals surface area contributed by atoms with E-state index in [-0.39, 0.29) is 12.5 Å². The molecule has 0 saturated heterocycles. The maximum absolute atomic E-state index is 12.3. The average Bonchev–Trinajstić information content (AvgIpc) is 2.60. The van der Waals surface area contributed by atoms with Gasteiger partial charge in [-0.2, -0.15) is 0 Å². The van der Waals surface area contributed by atoms with Crippen LogP contribution in [0.4, 0.5) is 0 Å². The highest BCUT2D eigenvalue weighted by Crippen LogP contribution is 2.14. The lowest BCUT2D eigenvalue weighted by molar-refractivity contribution is -0.156. The molecule has 5 nitrogen and oxygen atoms in total. The summed E-state index contributed by atoms with van der Waals surface area (Å²) in [6.45, 7) is 4.06. The molecule has 0 aliphatic rings. The van der Waals surface area contributed by atoms with Crippen molar-refractivity contribution in [2.45, 2.75) is 33.0 Å². The van der Waals surface area contributed by atoms with Crippen molar-refractivity contribution in [3.63, 3.8) is 0 Å². The zero-order chi connectivity index (χ0) is 17.4. The van der Waals surface area contributed by atoms with E-state index in [4.69, 9.17) is 9.47 Å². The van der Waals surface area contributed by atoms with Gasteiger partial charge in [0.15, 0.2) is 6.10 Å². The highest BCUT2D eigenvalue weighted by atomic mass is 16.6. The van der Waals surface area contributed by atoms with Crippen LogP contribution in [0.2, 0.25) is 0 Å². The number of aromatic nitrogens is 1. The molecule has 1 aromatic carbocycles. The molecule has 0 saturated carbocycles. The van der Waals surface area contributed by atoms with Crippen molar-refractivity contribution in [3.05, 3.63) is 66.0 Å². The Kier molecular flexibility index (Phi) is 6.49. The van der Waals surface area contributed by atoms with E-state index in [9.17, 15) is 9.59 Å². The molecular weight excluding hydrogens is 306 g/mol. The lowest BCUT2D eigenvalue weighted by atomic mass is 10.1. The largest absolute Gasteiger partial charge is 0.458 e. The molecule has 2 aromatic rings. The minimum absolute atomic E-state index is 0.151. The van der Waals surface area contributed by atoms with Gasteiger partial charge in [0.25, 0.3) is 0 Å². The number of hydrogen-bond acceptors (Lipinski definition) is 5. The minimum Gasteiger partial charge on any atom is -0.458 e. The number of carbonyl (C=O) groups is 2. The number of ether oxygens (including phenoxy) is 2. The molecule has 24 heavy (non-hydrogen) atoms. The molecular formula is C19H21NO4. The summed E-state index contributed by atoms with van der Waals surface area (Å²) in [6, 6.07) is 12.6. The Morgan fingerprint density at radius 1 is 1.08 bits per heavy atom. The Bertz CT molecular complexity index is 656. The highest BCUT2D eigenvalue weighted by Gasteiger charge is 2.26. The first-order chi connectivity index (χ1) is 11.6. The zero-order valence-corrected chi connectivity index (χ0v) is 13.8. The number of pyridine rings is 1. The molecule has 0 unspecified atom stereocenters. The number of esters is 2. The molecule has 0 aliphatic carbocycles. The van der Waals surface area contributed by atoms with E-state index < -0.39 is 18.0 Å². The van der Waals surface area contributed by atoms with Crippen molar-refractivity contribution in [2.24, 2.45) is 5.92 Å². The van der Waals surface area contributed by atoms with Gasteiger partial charge >= 0.3 is 11.9 Å². The molecule has 0 aliphatic heterocycles. The summed E-state index contributed by atoms with van der Waals surface area (Å²) >= 11 is 0. The van der Waals surface area contributed by atoms with E-state index in [1.165, 1.54) is 6.20 Å². The molecule has 126 valence electrons. The van der Waals surface area contributed by atoms with Crippen LogP contribution in [0.1, 0.15) is 36.2 Å². The fourth-order valence-corrected chi connectivity index (χ4v) is 2.12. The molecule has 0 N–H and O–H groups in total. The van der Waals surface area contributed by atoms with Gasteiger partial charge in [0.2, 0.25) is 0 Å². The van der Waals surface area contributed by atoms with Crippen LogP contribution in [-0.4, -0.2) is 23.0 Å². The smallest absolute Gasteiger partial charge is 0.347 e. The van der Waals surface area contributed by atoms with Crippen LogP contribution >= 0.6 is 0 Å². The first kappa shape index (κ1) is 17.7. The summed E-state index contributed by atoms with van der Waals surface area (Å²) in [5, 5.41) is 0. The predicted molar refractivity (Wildman–Crippen MR) is 89.1 cm³/mol. The third-order valence-corrected chi connectivity index (χ3v) is 3.32. The van der Waals surface area contributed by atoms with Crippen LogP contribution in [0, 0.1) is 5.92 Å². The maximum atomic E-state index is 12.3. The van der Waals surface area contributed by atoms with Gasteiger partial charge in [-0.1, -0.05) is 44.2 Å². The van der Waals surface area contributed by atoms with Gasteiger partial charge in [0.1, 0.15) is 6.61 Å². The van der Waals surface area contributed by atoms with Gasteiger partial charge in [0, 0.05) is 12.4 Å². The SMILES string of the molecule is CC(C)C[C@@H](OC(=O)c1cccnc1)C(=O)OCc1ccccc1. The minimum atomic E-state index is -0.929. The summed E-state index contributed by atoms with van der Waals surface area (Å²) in [5.74, 6) is -0.934. The van der Waals surface area contributed by atoms with Crippen LogP contribution in [-0.2, 0) is 20.9 Å². The van der Waals surface area contributed by atoms with Gasteiger partial charge in [-0.3, -0.25) is 4.98 Å². The summed E-state index contributed by atoms with van der Waals surface area (Å²) < 4.78 is 10.6. The first-order valence-electron chi connectivity index (χ1n) is 7.88. The molecule has 0 fully saturated rings. The first-order valence-corrected chi connectivity index (χ1v) is 7.88. The lowest BCUT2D eigenvalue weighted by Gasteiger charge is -2.18. The normalized spacial score (nSPS) is 11.8. The average molecular weight is 327 g/mol. The van der Waals surface area contributed by atoms with Crippen LogP contribution in [0.3, 0.4) is 0 Å². The molecule has 2 rings (SSSR count). The Morgan fingerprint density at radius 3 is 2.46 bits per heavy atom. The molecule has 5 heteroatoms. The molecule has 0 radical (unpaired) electrons. The summed E-state index contributed by atoms with van der Waals surface area (Å²) in [4.78, 5) is 28.3. The highest BCUT2D eigenvalue weighted by molar-refractivity contribution is 5.91. The second kappa shape index (κ2) is 8.82. The Hall–Kier alpha value is -2.69. The molecule has 1 aromatic heterocycles. The quantitative estimate of drug-likeness (QED) is 0.729. The van der Waals surface area contributed by atoms with Gasteiger partial charge in [-0.25, -0.2) is 9.59 Å². The number of benzene rings is 1. The van der Waals surface area contributed by atoms with E-state index in [0.29, 0.717) is 12.0 Å². The monoisotopic (exact) mass is 327 g/mol. The van der Waals surface area contributed by atoms with Crippen LogP contribution in [0.5, 0.6) is 0 Å². The van der Waals surface area contributed by atoms with Crippen LogP contribution < -0.4 is 0 Å².